The summed E-state index contributed by atoms with van der Waals surface area (Å²) in [5.41, 5.74) is 7.01. The lowest BCUT2D eigenvalue weighted by Crippen LogP contribution is -2.31. The quantitative estimate of drug-likeness (QED) is 0.689. The third-order valence-corrected chi connectivity index (χ3v) is 2.61. The molecule has 11 heavy (non-hydrogen) atoms. The minimum atomic E-state index is 0.146. The molecule has 1 aromatic rings. The Hall–Kier alpha value is -0.830. The van der Waals surface area contributed by atoms with Crippen LogP contribution in [0.15, 0.2) is 16.9 Å². The number of rotatable bonds is 2. The predicted octanol–water partition coefficient (Wildman–Crippen LogP) is 1.05. The molecule has 1 aliphatic rings. The Kier molecular flexibility index (Phi) is 1.29. The van der Waals surface area contributed by atoms with Gasteiger partial charge in [-0.2, -0.15) is 0 Å². The van der Waals surface area contributed by atoms with E-state index in [-0.39, 0.29) is 11.5 Å². The van der Waals surface area contributed by atoms with E-state index < -0.39 is 0 Å². The van der Waals surface area contributed by atoms with Gasteiger partial charge in [-0.05, 0) is 19.8 Å². The maximum atomic E-state index is 5.84. The summed E-state index contributed by atoms with van der Waals surface area (Å²) < 4.78 is 4.79. The van der Waals surface area contributed by atoms with Crippen molar-refractivity contribution < 1.29 is 4.52 Å². The van der Waals surface area contributed by atoms with Crippen LogP contribution in [-0.4, -0.2) is 11.2 Å². The SMILES string of the molecule is CC(N)C1(c2ccon2)CC1. The van der Waals surface area contributed by atoms with Crippen molar-refractivity contribution in [2.45, 2.75) is 31.2 Å². The van der Waals surface area contributed by atoms with E-state index >= 15 is 0 Å². The number of nitrogens with zero attached hydrogens (tertiary/aromatic N) is 1. The molecule has 2 rings (SSSR count). The van der Waals surface area contributed by atoms with E-state index in [0.717, 1.165) is 18.5 Å². The monoisotopic (exact) mass is 152 g/mol. The molecule has 1 fully saturated rings. The summed E-state index contributed by atoms with van der Waals surface area (Å²) in [6.07, 6.45) is 3.91. The molecule has 1 atom stereocenters. The van der Waals surface area contributed by atoms with Crippen LogP contribution in [0.3, 0.4) is 0 Å². The molecular formula is C8H12N2O. The zero-order valence-electron chi connectivity index (χ0n) is 6.58. The van der Waals surface area contributed by atoms with Crippen molar-refractivity contribution >= 4 is 0 Å². The van der Waals surface area contributed by atoms with Gasteiger partial charge in [0.1, 0.15) is 6.26 Å². The van der Waals surface area contributed by atoms with Crippen molar-refractivity contribution in [1.29, 1.82) is 0 Å². The van der Waals surface area contributed by atoms with Gasteiger partial charge >= 0.3 is 0 Å². The van der Waals surface area contributed by atoms with E-state index in [1.54, 1.807) is 6.26 Å². The van der Waals surface area contributed by atoms with Crippen LogP contribution in [0.2, 0.25) is 0 Å². The Morgan fingerprint density at radius 3 is 2.82 bits per heavy atom. The zero-order chi connectivity index (χ0) is 7.90. The van der Waals surface area contributed by atoms with Gasteiger partial charge in [0.25, 0.3) is 0 Å². The summed E-state index contributed by atoms with van der Waals surface area (Å²) in [6.45, 7) is 2.03. The number of hydrogen-bond acceptors (Lipinski definition) is 3. The second-order valence-electron chi connectivity index (χ2n) is 3.33. The van der Waals surface area contributed by atoms with Crippen LogP contribution in [0.5, 0.6) is 0 Å². The summed E-state index contributed by atoms with van der Waals surface area (Å²) in [7, 11) is 0. The number of hydrogen-bond donors (Lipinski definition) is 1. The molecule has 1 aromatic heterocycles. The molecule has 0 bridgehead atoms. The zero-order valence-corrected chi connectivity index (χ0v) is 6.58. The summed E-state index contributed by atoms with van der Waals surface area (Å²) in [5, 5.41) is 3.92. The molecule has 1 aliphatic carbocycles. The van der Waals surface area contributed by atoms with Crippen molar-refractivity contribution in [2.75, 3.05) is 0 Å². The molecule has 3 heteroatoms. The van der Waals surface area contributed by atoms with Gasteiger partial charge in [-0.25, -0.2) is 0 Å². The highest BCUT2D eigenvalue weighted by atomic mass is 16.5. The minimum Gasteiger partial charge on any atom is -0.364 e. The topological polar surface area (TPSA) is 52.0 Å². The van der Waals surface area contributed by atoms with Crippen LogP contribution in [-0.2, 0) is 5.41 Å². The molecule has 2 N–H and O–H groups in total. The van der Waals surface area contributed by atoms with Gasteiger partial charge in [0.2, 0.25) is 0 Å². The fourth-order valence-electron chi connectivity index (χ4n) is 1.55. The van der Waals surface area contributed by atoms with Gasteiger partial charge in [0.05, 0.1) is 5.69 Å². The summed E-state index contributed by atoms with van der Waals surface area (Å²) in [5.74, 6) is 0. The lowest BCUT2D eigenvalue weighted by Gasteiger charge is -2.15. The van der Waals surface area contributed by atoms with E-state index in [1.807, 2.05) is 13.0 Å². The second-order valence-corrected chi connectivity index (χ2v) is 3.33. The Morgan fingerprint density at radius 2 is 2.45 bits per heavy atom. The average Bonchev–Trinajstić information content (AvgIpc) is 2.61. The highest BCUT2D eigenvalue weighted by Crippen LogP contribution is 2.49. The van der Waals surface area contributed by atoms with Crippen LogP contribution in [0.25, 0.3) is 0 Å². The second kappa shape index (κ2) is 2.08. The van der Waals surface area contributed by atoms with Crippen molar-refractivity contribution in [3.05, 3.63) is 18.0 Å². The van der Waals surface area contributed by atoms with E-state index in [1.165, 1.54) is 0 Å². The van der Waals surface area contributed by atoms with Gasteiger partial charge in [0.15, 0.2) is 0 Å². The lowest BCUT2D eigenvalue weighted by molar-refractivity contribution is 0.394. The molecule has 3 nitrogen and oxygen atoms in total. The van der Waals surface area contributed by atoms with Gasteiger partial charge < -0.3 is 10.3 Å². The first-order chi connectivity index (χ1) is 5.26. The van der Waals surface area contributed by atoms with Crippen LogP contribution < -0.4 is 5.73 Å². The standard InChI is InChI=1S/C8H12N2O/c1-6(9)8(3-4-8)7-2-5-11-10-7/h2,5-6H,3-4,9H2,1H3. The molecule has 60 valence electrons. The molecular weight excluding hydrogens is 140 g/mol. The first-order valence-electron chi connectivity index (χ1n) is 3.92. The van der Waals surface area contributed by atoms with Crippen molar-refractivity contribution in [3.8, 4) is 0 Å². The van der Waals surface area contributed by atoms with Crippen LogP contribution in [0, 0.1) is 0 Å². The molecule has 1 heterocycles. The Balaban J connectivity index is 2.29. The van der Waals surface area contributed by atoms with Crippen molar-refractivity contribution in [2.24, 2.45) is 5.73 Å². The normalized spacial score (nSPS) is 23.1. The molecule has 1 unspecified atom stereocenters. The molecule has 0 aromatic carbocycles. The molecule has 0 saturated heterocycles. The summed E-state index contributed by atoms with van der Waals surface area (Å²) >= 11 is 0. The van der Waals surface area contributed by atoms with Gasteiger partial charge in [-0.3, -0.25) is 0 Å². The van der Waals surface area contributed by atoms with Gasteiger partial charge in [-0.15, -0.1) is 0 Å². The first kappa shape index (κ1) is 6.85. The Morgan fingerprint density at radius 1 is 1.73 bits per heavy atom. The van der Waals surface area contributed by atoms with Gasteiger partial charge in [-0.1, -0.05) is 5.16 Å². The van der Waals surface area contributed by atoms with Crippen LogP contribution in [0.4, 0.5) is 0 Å². The highest BCUT2D eigenvalue weighted by Gasteiger charge is 2.49. The maximum Gasteiger partial charge on any atom is 0.124 e. The Bertz CT molecular complexity index is 237. The highest BCUT2D eigenvalue weighted by molar-refractivity contribution is 5.25. The fraction of sp³-hybridized carbons (Fsp3) is 0.625. The third-order valence-electron chi connectivity index (χ3n) is 2.61. The number of aromatic nitrogens is 1. The smallest absolute Gasteiger partial charge is 0.124 e. The summed E-state index contributed by atoms with van der Waals surface area (Å²) in [4.78, 5) is 0. The molecule has 0 radical (unpaired) electrons. The minimum absolute atomic E-state index is 0.146. The summed E-state index contributed by atoms with van der Waals surface area (Å²) in [6, 6.07) is 2.10. The molecule has 0 aliphatic heterocycles. The van der Waals surface area contributed by atoms with E-state index in [4.69, 9.17) is 10.3 Å². The maximum absolute atomic E-state index is 5.84. The van der Waals surface area contributed by atoms with Crippen LogP contribution in [0.1, 0.15) is 25.5 Å². The molecule has 0 spiro atoms. The van der Waals surface area contributed by atoms with Gasteiger partial charge in [0, 0.05) is 17.5 Å². The van der Waals surface area contributed by atoms with E-state index in [2.05, 4.69) is 5.16 Å². The number of nitrogens with two attached hydrogens (primary N) is 1. The average molecular weight is 152 g/mol. The first-order valence-corrected chi connectivity index (χ1v) is 3.92. The Labute approximate surface area is 65.6 Å². The molecule has 1 saturated carbocycles. The predicted molar refractivity (Wildman–Crippen MR) is 41.1 cm³/mol. The van der Waals surface area contributed by atoms with Crippen molar-refractivity contribution in [3.63, 3.8) is 0 Å². The van der Waals surface area contributed by atoms with Crippen molar-refractivity contribution in [1.82, 2.24) is 5.16 Å². The third kappa shape index (κ3) is 0.878. The van der Waals surface area contributed by atoms with E-state index in [9.17, 15) is 0 Å². The lowest BCUT2D eigenvalue weighted by atomic mass is 9.95. The fourth-order valence-corrected chi connectivity index (χ4v) is 1.55. The molecule has 0 amide bonds. The van der Waals surface area contributed by atoms with Crippen LogP contribution >= 0.6 is 0 Å². The van der Waals surface area contributed by atoms with E-state index in [0.29, 0.717) is 0 Å². The largest absolute Gasteiger partial charge is 0.364 e.